The van der Waals surface area contributed by atoms with Crippen LogP contribution in [0.3, 0.4) is 0 Å². The largest absolute Gasteiger partial charge is 0.438 e. The first-order chi connectivity index (χ1) is 11.3. The van der Waals surface area contributed by atoms with E-state index in [1.807, 2.05) is 0 Å². The summed E-state index contributed by atoms with van der Waals surface area (Å²) >= 11 is 0. The van der Waals surface area contributed by atoms with Gasteiger partial charge < -0.3 is 0 Å². The van der Waals surface area contributed by atoms with Crippen LogP contribution in [-0.2, 0) is 10.1 Å². The molecule has 0 unspecified atom stereocenters. The van der Waals surface area contributed by atoms with Gasteiger partial charge in [0.2, 0.25) is 0 Å². The summed E-state index contributed by atoms with van der Waals surface area (Å²) in [5, 5.41) is -7.61. The number of hydrogen-bond donors (Lipinski definition) is 1. The minimum atomic E-state index is -8.38. The maximum Gasteiger partial charge on any atom is 0.438 e. The molecule has 0 aromatic rings. The Morgan fingerprint density at radius 3 is 1.11 bits per heavy atom. The van der Waals surface area contributed by atoms with Gasteiger partial charge in [0, 0.05) is 6.42 Å². The van der Waals surface area contributed by atoms with E-state index in [1.54, 1.807) is 0 Å². The van der Waals surface area contributed by atoms with E-state index in [4.69, 9.17) is 4.55 Å². The van der Waals surface area contributed by atoms with Gasteiger partial charge in [-0.1, -0.05) is 6.92 Å². The van der Waals surface area contributed by atoms with Crippen LogP contribution in [0.2, 0.25) is 0 Å². The molecule has 0 fully saturated rings. The zero-order valence-corrected chi connectivity index (χ0v) is 13.0. The lowest BCUT2D eigenvalue weighted by atomic mass is 9.90. The van der Waals surface area contributed by atoms with Crippen molar-refractivity contribution in [2.45, 2.75) is 54.1 Å². The third kappa shape index (κ3) is 3.11. The molecule has 0 heterocycles. The second-order valence-corrected chi connectivity index (χ2v) is 6.38. The van der Waals surface area contributed by atoms with Crippen molar-refractivity contribution in [1.29, 1.82) is 0 Å². The highest BCUT2D eigenvalue weighted by Gasteiger charge is 2.94. The zero-order chi connectivity index (χ0) is 22.7. The first-order valence-electron chi connectivity index (χ1n) is 5.93. The molecule has 0 aromatic carbocycles. The SMILES string of the molecule is CCC(F)(F)C(F)(F)C(F)(F)C(F)(F)C(F)(F)C(F)(F)C(F)(F)S(=O)(=O)O. The molecule has 0 rings (SSSR count). The number of halogens is 14. The maximum absolute atomic E-state index is 13.2. The number of alkyl halides is 14. The molecule has 0 aromatic heterocycles. The van der Waals surface area contributed by atoms with Crippen LogP contribution in [0.15, 0.2) is 0 Å². The van der Waals surface area contributed by atoms with Crippen LogP contribution in [0.4, 0.5) is 61.5 Å². The van der Waals surface area contributed by atoms with Gasteiger partial charge in [0.05, 0.1) is 0 Å². The highest BCUT2D eigenvalue weighted by atomic mass is 32.2. The van der Waals surface area contributed by atoms with Crippen LogP contribution in [0.1, 0.15) is 13.3 Å². The van der Waals surface area contributed by atoms with E-state index >= 15 is 0 Å². The van der Waals surface area contributed by atoms with Crippen molar-refractivity contribution in [2.75, 3.05) is 0 Å². The molecular formula is C9H6F14O3S. The quantitative estimate of drug-likeness (QED) is 0.423. The van der Waals surface area contributed by atoms with Gasteiger partial charge in [-0.15, -0.1) is 0 Å². The fourth-order valence-corrected chi connectivity index (χ4v) is 1.84. The van der Waals surface area contributed by atoms with Crippen LogP contribution in [0.25, 0.3) is 0 Å². The van der Waals surface area contributed by atoms with E-state index in [2.05, 4.69) is 0 Å². The van der Waals surface area contributed by atoms with Crippen molar-refractivity contribution in [3.05, 3.63) is 0 Å². The Morgan fingerprint density at radius 1 is 0.593 bits per heavy atom. The summed E-state index contributed by atoms with van der Waals surface area (Å²) in [5.74, 6) is -46.7. The minimum absolute atomic E-state index is 0.0264. The van der Waals surface area contributed by atoms with Crippen molar-refractivity contribution in [1.82, 2.24) is 0 Å². The molecule has 27 heavy (non-hydrogen) atoms. The number of hydrogen-bond acceptors (Lipinski definition) is 2. The Bertz CT molecular complexity index is 667. The number of rotatable bonds is 8. The molecule has 0 amide bonds. The molecule has 0 radical (unpaired) electrons. The molecule has 0 aliphatic rings. The minimum Gasteiger partial charge on any atom is -0.281 e. The Morgan fingerprint density at radius 2 is 0.852 bits per heavy atom. The normalized spacial score (nSPS) is 16.6. The van der Waals surface area contributed by atoms with Crippen molar-refractivity contribution >= 4 is 10.1 Å². The van der Waals surface area contributed by atoms with Crippen LogP contribution in [0.5, 0.6) is 0 Å². The first kappa shape index (κ1) is 25.9. The van der Waals surface area contributed by atoms with Gasteiger partial charge in [-0.05, 0) is 0 Å². The highest BCUT2D eigenvalue weighted by Crippen LogP contribution is 2.62. The lowest BCUT2D eigenvalue weighted by Crippen LogP contribution is -2.73. The Hall–Kier alpha value is -1.07. The Balaban J connectivity index is 6.74. The molecule has 0 saturated carbocycles. The van der Waals surface area contributed by atoms with Crippen molar-refractivity contribution in [3.8, 4) is 0 Å². The average molecular weight is 460 g/mol. The molecule has 1 N–H and O–H groups in total. The van der Waals surface area contributed by atoms with Crippen LogP contribution in [-0.4, -0.2) is 53.8 Å². The Labute approximate surface area is 140 Å². The first-order valence-corrected chi connectivity index (χ1v) is 7.37. The van der Waals surface area contributed by atoms with Crippen molar-refractivity contribution in [3.63, 3.8) is 0 Å². The summed E-state index contributed by atoms with van der Waals surface area (Å²) in [5.41, 5.74) is 0. The zero-order valence-electron chi connectivity index (χ0n) is 12.2. The molecule has 0 saturated heterocycles. The summed E-state index contributed by atoms with van der Waals surface area (Å²) in [4.78, 5) is 0. The average Bonchev–Trinajstić information content (AvgIpc) is 2.44. The maximum atomic E-state index is 13.2. The van der Waals surface area contributed by atoms with Crippen LogP contribution in [0, 0.1) is 0 Å². The molecule has 0 atom stereocenters. The predicted molar refractivity (Wildman–Crippen MR) is 56.5 cm³/mol. The Kier molecular flexibility index (Phi) is 5.97. The van der Waals surface area contributed by atoms with E-state index in [9.17, 15) is 69.9 Å². The second-order valence-electron chi connectivity index (χ2n) is 4.92. The summed E-state index contributed by atoms with van der Waals surface area (Å²) in [6.07, 6.45) is -2.41. The monoisotopic (exact) mass is 460 g/mol. The highest BCUT2D eigenvalue weighted by molar-refractivity contribution is 7.87. The lowest BCUT2D eigenvalue weighted by molar-refractivity contribution is -0.435. The van der Waals surface area contributed by atoms with Crippen molar-refractivity contribution < 1.29 is 74.4 Å². The van der Waals surface area contributed by atoms with Gasteiger partial charge in [0.1, 0.15) is 0 Å². The molecule has 0 spiro atoms. The van der Waals surface area contributed by atoms with Crippen LogP contribution < -0.4 is 0 Å². The van der Waals surface area contributed by atoms with E-state index < -0.39 is 57.3 Å². The van der Waals surface area contributed by atoms with E-state index in [-0.39, 0.29) is 6.92 Å². The van der Waals surface area contributed by atoms with Gasteiger partial charge in [0.15, 0.2) is 0 Å². The van der Waals surface area contributed by atoms with Gasteiger partial charge in [0.25, 0.3) is 0 Å². The molecule has 0 aliphatic carbocycles. The third-order valence-corrected chi connectivity index (χ3v) is 4.07. The van der Waals surface area contributed by atoms with Gasteiger partial charge in [-0.2, -0.15) is 69.9 Å². The summed E-state index contributed by atoms with van der Waals surface area (Å²) in [7, 11) is -7.69. The summed E-state index contributed by atoms with van der Waals surface area (Å²) < 4.78 is 210. The van der Waals surface area contributed by atoms with Crippen LogP contribution >= 0.6 is 0 Å². The third-order valence-electron chi connectivity index (χ3n) is 3.17. The molecule has 164 valence electrons. The van der Waals surface area contributed by atoms with E-state index in [0.717, 1.165) is 0 Å². The molecule has 3 nitrogen and oxygen atoms in total. The van der Waals surface area contributed by atoms with Gasteiger partial charge in [-0.3, -0.25) is 4.55 Å². The summed E-state index contributed by atoms with van der Waals surface area (Å²) in [6, 6.07) is 0. The molecule has 0 aliphatic heterocycles. The van der Waals surface area contributed by atoms with E-state index in [0.29, 0.717) is 0 Å². The fraction of sp³-hybridized carbons (Fsp3) is 1.00. The second kappa shape index (κ2) is 6.21. The standard InChI is InChI=1S/C9H6F14O3S/c1-2-3(10,11)4(12,13)5(14,15)6(16,17)7(18,19)8(20,21)9(22,23)27(24,25)26/h2H2,1H3,(H,24,25,26). The molecule has 18 heteroatoms. The topological polar surface area (TPSA) is 54.4 Å². The van der Waals surface area contributed by atoms with Crippen molar-refractivity contribution in [2.24, 2.45) is 0 Å². The van der Waals surface area contributed by atoms with Gasteiger partial charge in [-0.25, -0.2) is 0 Å². The van der Waals surface area contributed by atoms with E-state index in [1.165, 1.54) is 0 Å². The predicted octanol–water partition coefficient (Wildman–Crippen LogP) is 4.69. The van der Waals surface area contributed by atoms with Gasteiger partial charge >= 0.3 is 50.9 Å². The molecule has 0 bridgehead atoms. The smallest absolute Gasteiger partial charge is 0.281 e. The lowest BCUT2D eigenvalue weighted by Gasteiger charge is -2.42. The molecular weight excluding hydrogens is 454 g/mol. The summed E-state index contributed by atoms with van der Waals surface area (Å²) in [6.45, 7) is -0.0264. The fourth-order valence-electron chi connectivity index (χ4n) is 1.39.